The molecular formula is C15H25F3OSi. The molecule has 0 aromatic carbocycles. The molecule has 0 aromatic heterocycles. The molecule has 1 atom stereocenters. The van der Waals surface area contributed by atoms with Crippen molar-refractivity contribution in [3.63, 3.8) is 0 Å². The third-order valence-corrected chi connectivity index (χ3v) is 4.85. The number of allylic oxidation sites excluding steroid dienone is 1. The molecule has 0 saturated heterocycles. The number of alkyl halides is 3. The van der Waals surface area contributed by atoms with Crippen LogP contribution in [0, 0.1) is 5.41 Å². The molecule has 1 nitrogen and oxygen atoms in total. The van der Waals surface area contributed by atoms with Gasteiger partial charge in [0.2, 0.25) is 0 Å². The van der Waals surface area contributed by atoms with E-state index in [2.05, 4.69) is 6.58 Å². The molecule has 0 radical (unpaired) electrons. The van der Waals surface area contributed by atoms with Gasteiger partial charge in [0.05, 0.1) is 12.0 Å². The average molecular weight is 306 g/mol. The Morgan fingerprint density at radius 1 is 1.25 bits per heavy atom. The van der Waals surface area contributed by atoms with Gasteiger partial charge in [0.15, 0.2) is 9.04 Å². The molecule has 116 valence electrons. The van der Waals surface area contributed by atoms with Gasteiger partial charge in [0.1, 0.15) is 0 Å². The lowest BCUT2D eigenvalue weighted by Gasteiger charge is -2.45. The van der Waals surface area contributed by atoms with Gasteiger partial charge in [-0.25, -0.2) is 0 Å². The summed E-state index contributed by atoms with van der Waals surface area (Å²) in [5.74, 6) is 0. The van der Waals surface area contributed by atoms with E-state index in [9.17, 15) is 13.2 Å². The Balaban J connectivity index is 3.32. The summed E-state index contributed by atoms with van der Waals surface area (Å²) in [6.07, 6.45) is -4.64. The predicted octanol–water partition coefficient (Wildman–Crippen LogP) is 5.00. The third-order valence-electron chi connectivity index (χ3n) is 3.97. The van der Waals surface area contributed by atoms with Crippen molar-refractivity contribution in [3.05, 3.63) is 23.3 Å². The highest BCUT2D eigenvalue weighted by Crippen LogP contribution is 2.53. The second kappa shape index (κ2) is 5.33. The van der Waals surface area contributed by atoms with E-state index >= 15 is 0 Å². The zero-order valence-corrected chi connectivity index (χ0v) is 14.4. The van der Waals surface area contributed by atoms with E-state index in [0.29, 0.717) is 23.1 Å². The van der Waals surface area contributed by atoms with E-state index < -0.39 is 27.2 Å². The fraction of sp³-hybridized carbons (Fsp3) is 0.733. The van der Waals surface area contributed by atoms with Crippen LogP contribution in [-0.4, -0.2) is 20.8 Å². The third kappa shape index (κ3) is 3.37. The van der Waals surface area contributed by atoms with Gasteiger partial charge in [-0.1, -0.05) is 27.4 Å². The van der Waals surface area contributed by atoms with E-state index in [1.807, 2.05) is 33.9 Å². The summed E-state index contributed by atoms with van der Waals surface area (Å²) in [6.45, 7) is 15.8. The molecule has 1 unspecified atom stereocenters. The van der Waals surface area contributed by atoms with Crippen molar-refractivity contribution in [2.24, 2.45) is 5.41 Å². The number of halogens is 3. The highest BCUT2D eigenvalue weighted by atomic mass is 28.3. The molecule has 5 heteroatoms. The molecule has 20 heavy (non-hydrogen) atoms. The van der Waals surface area contributed by atoms with Gasteiger partial charge < -0.3 is 4.43 Å². The topological polar surface area (TPSA) is 9.23 Å². The molecule has 0 amide bonds. The van der Waals surface area contributed by atoms with Gasteiger partial charge in [-0.2, -0.15) is 13.2 Å². The second-order valence-corrected chi connectivity index (χ2v) is 9.25. The van der Waals surface area contributed by atoms with Gasteiger partial charge in [-0.3, -0.25) is 0 Å². The minimum absolute atomic E-state index is 0.259. The average Bonchev–Trinajstić information content (AvgIpc) is 2.40. The largest absolute Gasteiger partial charge is 0.411 e. The highest BCUT2D eigenvalue weighted by molar-refractivity contribution is 6.48. The summed E-state index contributed by atoms with van der Waals surface area (Å²) < 4.78 is 44.5. The van der Waals surface area contributed by atoms with Gasteiger partial charge in [-0.15, -0.1) is 0 Å². The van der Waals surface area contributed by atoms with E-state index in [1.165, 1.54) is 0 Å². The van der Waals surface area contributed by atoms with Crippen LogP contribution in [0.2, 0.25) is 13.1 Å². The molecule has 0 bridgehead atoms. The Hall–Kier alpha value is -0.553. The van der Waals surface area contributed by atoms with E-state index in [1.54, 1.807) is 6.92 Å². The monoisotopic (exact) mass is 306 g/mol. The van der Waals surface area contributed by atoms with Crippen molar-refractivity contribution >= 4 is 9.04 Å². The number of hydrogen-bond acceptors (Lipinski definition) is 1. The van der Waals surface area contributed by atoms with E-state index in [-0.39, 0.29) is 5.41 Å². The fourth-order valence-corrected chi connectivity index (χ4v) is 4.46. The molecule has 0 heterocycles. The highest BCUT2D eigenvalue weighted by Gasteiger charge is 2.51. The molecule has 1 rings (SSSR count). The first-order valence-electron chi connectivity index (χ1n) is 6.93. The summed E-state index contributed by atoms with van der Waals surface area (Å²) in [7, 11) is -1.39. The summed E-state index contributed by atoms with van der Waals surface area (Å²) in [5.41, 5.74) is 0.732. The summed E-state index contributed by atoms with van der Waals surface area (Å²) >= 11 is 0. The smallest absolute Gasteiger partial charge is 0.393 e. The summed E-state index contributed by atoms with van der Waals surface area (Å²) in [5, 5.41) is 0. The number of rotatable bonds is 3. The maximum atomic E-state index is 12.8. The van der Waals surface area contributed by atoms with Gasteiger partial charge in [-0.05, 0) is 42.2 Å². The quantitative estimate of drug-likeness (QED) is 0.667. The second-order valence-electron chi connectivity index (χ2n) is 6.92. The molecule has 0 aliphatic heterocycles. The van der Waals surface area contributed by atoms with Crippen molar-refractivity contribution in [3.8, 4) is 0 Å². The molecule has 0 N–H and O–H groups in total. The van der Waals surface area contributed by atoms with E-state index in [4.69, 9.17) is 4.43 Å². The predicted molar refractivity (Wildman–Crippen MR) is 79.3 cm³/mol. The van der Waals surface area contributed by atoms with Gasteiger partial charge in [0, 0.05) is 6.42 Å². The minimum Gasteiger partial charge on any atom is -0.411 e. The Kier molecular flexibility index (Phi) is 4.67. The van der Waals surface area contributed by atoms with Crippen LogP contribution < -0.4 is 0 Å². The van der Waals surface area contributed by atoms with Crippen LogP contribution in [-0.2, 0) is 4.43 Å². The Morgan fingerprint density at radius 2 is 1.75 bits per heavy atom. The van der Waals surface area contributed by atoms with Crippen LogP contribution >= 0.6 is 0 Å². The van der Waals surface area contributed by atoms with Crippen molar-refractivity contribution < 1.29 is 17.6 Å². The van der Waals surface area contributed by atoms with Crippen LogP contribution in [0.5, 0.6) is 0 Å². The standard InChI is InChI=1S/C15H25F3OSi/c1-10-8-14(13(3,4)5,19-20(6)7)11(2)12(10)9-15(16,17)18/h20H,1,8-9H2,2-7H3. The number of hydrogen-bond donors (Lipinski definition) is 0. The maximum absolute atomic E-state index is 12.8. The Bertz CT molecular complexity index is 429. The first-order chi connectivity index (χ1) is 8.80. The SMILES string of the molecule is C=C1CC(O[SiH](C)C)(C(C)(C)C)C(C)=C1CC(F)(F)F. The zero-order chi connectivity index (χ0) is 15.9. The zero-order valence-electron chi connectivity index (χ0n) is 13.2. The van der Waals surface area contributed by atoms with Crippen molar-refractivity contribution in [1.29, 1.82) is 0 Å². The Labute approximate surface area is 121 Å². The summed E-state index contributed by atoms with van der Waals surface area (Å²) in [4.78, 5) is 0. The van der Waals surface area contributed by atoms with Gasteiger partial charge in [0.25, 0.3) is 0 Å². The van der Waals surface area contributed by atoms with Crippen LogP contribution in [0.4, 0.5) is 13.2 Å². The molecule has 1 aliphatic rings. The normalized spacial score (nSPS) is 25.0. The Morgan fingerprint density at radius 3 is 2.10 bits per heavy atom. The van der Waals surface area contributed by atoms with Crippen molar-refractivity contribution in [1.82, 2.24) is 0 Å². The lowest BCUT2D eigenvalue weighted by Crippen LogP contribution is -2.47. The lowest BCUT2D eigenvalue weighted by atomic mass is 9.72. The molecular weight excluding hydrogens is 281 g/mol. The van der Waals surface area contributed by atoms with Gasteiger partial charge >= 0.3 is 6.18 Å². The van der Waals surface area contributed by atoms with Crippen LogP contribution in [0.3, 0.4) is 0 Å². The lowest BCUT2D eigenvalue weighted by molar-refractivity contribution is -0.126. The fourth-order valence-electron chi connectivity index (χ4n) is 3.04. The van der Waals surface area contributed by atoms with Crippen LogP contribution in [0.15, 0.2) is 23.3 Å². The molecule has 0 fully saturated rings. The van der Waals surface area contributed by atoms with Crippen molar-refractivity contribution in [2.45, 2.75) is 65.4 Å². The molecule has 1 aliphatic carbocycles. The molecule has 0 aromatic rings. The van der Waals surface area contributed by atoms with Crippen molar-refractivity contribution in [2.75, 3.05) is 0 Å². The van der Waals surface area contributed by atoms with Crippen LogP contribution in [0.25, 0.3) is 0 Å². The van der Waals surface area contributed by atoms with E-state index in [0.717, 1.165) is 0 Å². The minimum atomic E-state index is -4.21. The summed E-state index contributed by atoms with van der Waals surface area (Å²) in [6, 6.07) is 0. The maximum Gasteiger partial charge on any atom is 0.393 e. The van der Waals surface area contributed by atoms with Crippen LogP contribution in [0.1, 0.15) is 40.5 Å². The first kappa shape index (κ1) is 17.5. The first-order valence-corrected chi connectivity index (χ1v) is 9.71. The molecule has 0 saturated carbocycles. The molecule has 0 spiro atoms.